The normalized spacial score (nSPS) is 10.6. The van der Waals surface area contributed by atoms with Crippen molar-refractivity contribution in [3.63, 3.8) is 0 Å². The third kappa shape index (κ3) is 4.89. The predicted octanol–water partition coefficient (Wildman–Crippen LogP) is 2.97. The molecule has 0 heterocycles. The highest BCUT2D eigenvalue weighted by molar-refractivity contribution is 5.94. The molecule has 2 aromatic rings. The Hall–Kier alpha value is -2.73. The average molecular weight is 313 g/mol. The summed E-state index contributed by atoms with van der Waals surface area (Å²) in [6.45, 7) is 2.80. The summed E-state index contributed by atoms with van der Waals surface area (Å²) in [5.41, 5.74) is 2.40. The van der Waals surface area contributed by atoms with Crippen molar-refractivity contribution in [1.29, 1.82) is 0 Å². The molecule has 0 radical (unpaired) electrons. The third-order valence-electron chi connectivity index (χ3n) is 3.36. The van der Waals surface area contributed by atoms with Crippen LogP contribution in [0.15, 0.2) is 48.5 Å². The first-order valence-corrected chi connectivity index (χ1v) is 7.23. The van der Waals surface area contributed by atoms with Crippen LogP contribution in [-0.2, 0) is 11.3 Å². The van der Waals surface area contributed by atoms with Crippen molar-refractivity contribution >= 4 is 17.3 Å². The number of rotatable bonds is 6. The number of anilines is 1. The molecule has 2 aromatic carbocycles. The third-order valence-corrected chi connectivity index (χ3v) is 3.36. The summed E-state index contributed by atoms with van der Waals surface area (Å²) in [6.07, 6.45) is 0. The molecular weight excluding hydrogens is 294 g/mol. The zero-order valence-electron chi connectivity index (χ0n) is 13.2. The molecule has 0 aliphatic rings. The Labute approximate surface area is 134 Å². The van der Waals surface area contributed by atoms with Crippen LogP contribution in [0.2, 0.25) is 0 Å². The Morgan fingerprint density at radius 3 is 2.48 bits per heavy atom. The minimum Gasteiger partial charge on any atom is -0.319 e. The van der Waals surface area contributed by atoms with Gasteiger partial charge in [-0.05, 0) is 25.6 Å². The minimum absolute atomic E-state index is 0.109. The molecule has 0 aliphatic heterocycles. The molecule has 0 spiro atoms. The van der Waals surface area contributed by atoms with Gasteiger partial charge in [0.05, 0.1) is 11.5 Å². The summed E-state index contributed by atoms with van der Waals surface area (Å²) >= 11 is 0. The van der Waals surface area contributed by atoms with Gasteiger partial charge in [0.2, 0.25) is 5.91 Å². The number of nitrogens with zero attached hydrogens (tertiary/aromatic N) is 2. The number of carbonyl (C=O) groups is 1. The van der Waals surface area contributed by atoms with Gasteiger partial charge in [-0.15, -0.1) is 0 Å². The van der Waals surface area contributed by atoms with E-state index in [4.69, 9.17) is 0 Å². The molecule has 0 atom stereocenters. The lowest BCUT2D eigenvalue weighted by atomic mass is 10.1. The molecular formula is C17H19N3O3. The van der Waals surface area contributed by atoms with E-state index in [1.165, 1.54) is 17.7 Å². The van der Waals surface area contributed by atoms with Gasteiger partial charge >= 0.3 is 0 Å². The number of nitro benzene ring substituents is 1. The first-order chi connectivity index (χ1) is 11.0. The Morgan fingerprint density at radius 1 is 1.17 bits per heavy atom. The molecule has 1 N–H and O–H groups in total. The highest BCUT2D eigenvalue weighted by atomic mass is 16.6. The molecule has 0 fully saturated rings. The van der Waals surface area contributed by atoms with E-state index in [2.05, 4.69) is 5.32 Å². The molecule has 0 bridgehead atoms. The van der Waals surface area contributed by atoms with E-state index in [9.17, 15) is 14.9 Å². The van der Waals surface area contributed by atoms with Crippen LogP contribution in [0, 0.1) is 17.0 Å². The van der Waals surface area contributed by atoms with Crippen LogP contribution in [0.5, 0.6) is 0 Å². The number of carbonyl (C=O) groups excluding carboxylic acids is 1. The minimum atomic E-state index is -0.508. The second-order valence-corrected chi connectivity index (χ2v) is 5.48. The van der Waals surface area contributed by atoms with Crippen LogP contribution in [-0.4, -0.2) is 29.3 Å². The van der Waals surface area contributed by atoms with Crippen LogP contribution < -0.4 is 5.32 Å². The van der Waals surface area contributed by atoms with Gasteiger partial charge in [0.1, 0.15) is 5.69 Å². The Kier molecular flexibility index (Phi) is 5.43. The topological polar surface area (TPSA) is 75.5 Å². The Morgan fingerprint density at radius 2 is 1.83 bits per heavy atom. The van der Waals surface area contributed by atoms with E-state index in [0.717, 1.165) is 5.56 Å². The van der Waals surface area contributed by atoms with E-state index in [-0.39, 0.29) is 23.8 Å². The maximum Gasteiger partial charge on any atom is 0.292 e. The second kappa shape index (κ2) is 7.51. The summed E-state index contributed by atoms with van der Waals surface area (Å²) < 4.78 is 0. The van der Waals surface area contributed by atoms with Crippen molar-refractivity contribution < 1.29 is 9.72 Å². The summed E-state index contributed by atoms with van der Waals surface area (Å²) in [6, 6.07) is 14.2. The summed E-state index contributed by atoms with van der Waals surface area (Å²) in [7, 11) is 1.83. The van der Waals surface area contributed by atoms with Gasteiger partial charge in [0.15, 0.2) is 0 Å². The number of para-hydroxylation sites is 2. The fraction of sp³-hybridized carbons (Fsp3) is 0.235. The lowest BCUT2D eigenvalue weighted by Crippen LogP contribution is -2.30. The first-order valence-electron chi connectivity index (χ1n) is 7.23. The van der Waals surface area contributed by atoms with Crippen molar-refractivity contribution in [3.05, 3.63) is 69.8 Å². The van der Waals surface area contributed by atoms with Crippen LogP contribution in [0.25, 0.3) is 0 Å². The number of nitrogens with one attached hydrogen (secondary N) is 1. The summed E-state index contributed by atoms with van der Waals surface area (Å²) in [5.74, 6) is -0.283. The fourth-order valence-electron chi connectivity index (χ4n) is 2.23. The van der Waals surface area contributed by atoms with Crippen molar-refractivity contribution in [2.75, 3.05) is 18.9 Å². The molecule has 6 nitrogen and oxygen atoms in total. The lowest BCUT2D eigenvalue weighted by molar-refractivity contribution is -0.383. The molecule has 0 aromatic heterocycles. The standard InChI is InChI=1S/C17H19N3O3/c1-13-7-9-14(10-8-13)11-19(2)12-17(21)18-15-5-3-4-6-16(15)20(22)23/h3-10H,11-12H2,1-2H3,(H,18,21). The van der Waals surface area contributed by atoms with Crippen molar-refractivity contribution in [2.24, 2.45) is 0 Å². The van der Waals surface area contributed by atoms with Gasteiger partial charge in [-0.25, -0.2) is 0 Å². The summed E-state index contributed by atoms with van der Waals surface area (Å²) in [4.78, 5) is 24.4. The van der Waals surface area contributed by atoms with Gasteiger partial charge in [-0.1, -0.05) is 42.0 Å². The number of nitro groups is 1. The average Bonchev–Trinajstić information content (AvgIpc) is 2.49. The van der Waals surface area contributed by atoms with Crippen molar-refractivity contribution in [3.8, 4) is 0 Å². The number of aryl methyl sites for hydroxylation is 1. The molecule has 6 heteroatoms. The molecule has 1 amide bonds. The van der Waals surface area contributed by atoms with Gasteiger partial charge in [-0.2, -0.15) is 0 Å². The number of benzene rings is 2. The molecule has 0 saturated heterocycles. The van der Waals surface area contributed by atoms with Crippen molar-refractivity contribution in [2.45, 2.75) is 13.5 Å². The van der Waals surface area contributed by atoms with Crippen molar-refractivity contribution in [1.82, 2.24) is 4.90 Å². The summed E-state index contributed by atoms with van der Waals surface area (Å²) in [5, 5.41) is 13.5. The van der Waals surface area contributed by atoms with E-state index in [1.807, 2.05) is 43.1 Å². The fourth-order valence-corrected chi connectivity index (χ4v) is 2.23. The highest BCUT2D eigenvalue weighted by Gasteiger charge is 2.15. The SMILES string of the molecule is Cc1ccc(CN(C)CC(=O)Nc2ccccc2[N+](=O)[O-])cc1. The molecule has 0 aliphatic carbocycles. The Bertz CT molecular complexity index is 698. The monoisotopic (exact) mass is 313 g/mol. The molecule has 23 heavy (non-hydrogen) atoms. The van der Waals surface area contributed by atoms with Gasteiger partial charge in [-0.3, -0.25) is 19.8 Å². The van der Waals surface area contributed by atoms with E-state index < -0.39 is 4.92 Å². The predicted molar refractivity (Wildman–Crippen MR) is 89.2 cm³/mol. The zero-order chi connectivity index (χ0) is 16.8. The lowest BCUT2D eigenvalue weighted by Gasteiger charge is -2.16. The van der Waals surface area contributed by atoms with Crippen LogP contribution in [0.4, 0.5) is 11.4 Å². The molecule has 120 valence electrons. The maximum atomic E-state index is 12.1. The number of amides is 1. The smallest absolute Gasteiger partial charge is 0.292 e. The quantitative estimate of drug-likeness (QED) is 0.657. The van der Waals surface area contributed by atoms with Crippen LogP contribution >= 0.6 is 0 Å². The van der Waals surface area contributed by atoms with Gasteiger partial charge < -0.3 is 5.32 Å². The maximum absolute atomic E-state index is 12.1. The highest BCUT2D eigenvalue weighted by Crippen LogP contribution is 2.23. The van der Waals surface area contributed by atoms with E-state index in [1.54, 1.807) is 12.1 Å². The van der Waals surface area contributed by atoms with Gasteiger partial charge in [0, 0.05) is 12.6 Å². The largest absolute Gasteiger partial charge is 0.319 e. The number of hydrogen-bond donors (Lipinski definition) is 1. The molecule has 0 unspecified atom stereocenters. The second-order valence-electron chi connectivity index (χ2n) is 5.48. The zero-order valence-corrected chi connectivity index (χ0v) is 13.2. The number of hydrogen-bond acceptors (Lipinski definition) is 4. The van der Waals surface area contributed by atoms with E-state index >= 15 is 0 Å². The Balaban J connectivity index is 1.94. The van der Waals surface area contributed by atoms with E-state index in [0.29, 0.717) is 6.54 Å². The van der Waals surface area contributed by atoms with Crippen LogP contribution in [0.3, 0.4) is 0 Å². The molecule has 2 rings (SSSR count). The number of likely N-dealkylation sites (N-methyl/N-ethyl adjacent to an activating group) is 1. The molecule has 0 saturated carbocycles. The first kappa shape index (κ1) is 16.6. The van der Waals surface area contributed by atoms with Crippen LogP contribution in [0.1, 0.15) is 11.1 Å². The van der Waals surface area contributed by atoms with Gasteiger partial charge in [0.25, 0.3) is 5.69 Å².